The molecule has 2 rings (SSSR count). The number of amides is 2. The second-order valence-electron chi connectivity index (χ2n) is 5.20. The summed E-state index contributed by atoms with van der Waals surface area (Å²) < 4.78 is 73.9. The van der Waals surface area contributed by atoms with Crippen molar-refractivity contribution in [1.82, 2.24) is 4.90 Å². The van der Waals surface area contributed by atoms with Crippen LogP contribution in [-0.2, 0) is 17.5 Å². The number of nitrogens with zero attached hydrogens (tertiary/aromatic N) is 2. The van der Waals surface area contributed by atoms with Crippen molar-refractivity contribution < 1.29 is 35.9 Å². The van der Waals surface area contributed by atoms with Crippen molar-refractivity contribution in [2.45, 2.75) is 39.7 Å². The van der Waals surface area contributed by atoms with Crippen molar-refractivity contribution in [3.05, 3.63) is 34.9 Å². The average molecular weight is 414 g/mol. The highest BCUT2D eigenvalue weighted by atomic mass is 19.4. The normalized spacial score (nSPS) is 12.9. The molecule has 0 saturated carbocycles. The van der Waals surface area contributed by atoms with Crippen molar-refractivity contribution in [3.8, 4) is 0 Å². The molecular formula is C16H20F6N4O2. The van der Waals surface area contributed by atoms with Crippen LogP contribution in [0.25, 0.3) is 0 Å². The van der Waals surface area contributed by atoms with Crippen molar-refractivity contribution in [2.75, 3.05) is 6.54 Å². The van der Waals surface area contributed by atoms with Gasteiger partial charge in [0.25, 0.3) is 5.91 Å². The number of nitrogens with two attached hydrogens (primary N) is 2. The summed E-state index contributed by atoms with van der Waals surface area (Å²) in [4.78, 5) is 25.1. The Labute approximate surface area is 157 Å². The smallest absolute Gasteiger partial charge is 0.370 e. The molecule has 0 atom stereocenters. The Hall–Kier alpha value is -2.79. The molecular weight excluding hydrogens is 394 g/mol. The zero-order valence-corrected chi connectivity index (χ0v) is 15.3. The van der Waals surface area contributed by atoms with E-state index in [2.05, 4.69) is 4.99 Å². The summed E-state index contributed by atoms with van der Waals surface area (Å²) in [6, 6.07) is 2.38. The maximum atomic E-state index is 12.4. The number of aliphatic imine (C=N–C) groups is 1. The lowest BCUT2D eigenvalue weighted by Gasteiger charge is -2.17. The topological polar surface area (TPSA) is 102 Å². The Kier molecular flexibility index (Phi) is 8.96. The van der Waals surface area contributed by atoms with Crippen LogP contribution in [0.1, 0.15) is 42.3 Å². The van der Waals surface area contributed by atoms with Crippen molar-refractivity contribution in [3.63, 3.8) is 0 Å². The zero-order valence-electron chi connectivity index (χ0n) is 15.3. The third-order valence-corrected chi connectivity index (χ3v) is 2.97. The number of carbonyl (C=O) groups excluding carboxylic acids is 2. The number of hydrogen-bond donors (Lipinski definition) is 2. The fraction of sp³-hybridized carbons (Fsp3) is 0.438. The summed E-state index contributed by atoms with van der Waals surface area (Å²) in [5, 5.41) is 0. The molecule has 1 aromatic carbocycles. The van der Waals surface area contributed by atoms with E-state index in [1.807, 2.05) is 13.8 Å². The molecule has 158 valence electrons. The van der Waals surface area contributed by atoms with E-state index < -0.39 is 30.4 Å². The van der Waals surface area contributed by atoms with E-state index in [9.17, 15) is 35.9 Å². The first kappa shape index (κ1) is 25.2. The minimum Gasteiger partial charge on any atom is -0.370 e. The predicted octanol–water partition coefficient (Wildman–Crippen LogP) is 3.06. The molecule has 1 heterocycles. The zero-order chi connectivity index (χ0) is 22.3. The van der Waals surface area contributed by atoms with Gasteiger partial charge in [-0.05, 0) is 17.7 Å². The summed E-state index contributed by atoms with van der Waals surface area (Å²) in [5.74, 6) is -1.59. The standard InChI is InChI=1S/C11H7F6NO.C3H7N3O.C2H6/c12-10(13,14)5-18-4-6-1-2-7(11(15,16)17)3-8(6)9(18)19;1-2(7)6-3(4)5;1-2/h1-3H,4-5H2;1H3,(H4,4,5,6,7);1-2H3. The number of benzene rings is 1. The van der Waals surface area contributed by atoms with Gasteiger partial charge in [0.05, 0.1) is 5.56 Å². The molecule has 6 nitrogen and oxygen atoms in total. The first-order valence-electron chi connectivity index (χ1n) is 7.87. The molecule has 0 saturated heterocycles. The van der Waals surface area contributed by atoms with Gasteiger partial charge in [-0.25, -0.2) is 0 Å². The third-order valence-electron chi connectivity index (χ3n) is 2.97. The number of fused-ring (bicyclic) bond motifs is 1. The maximum absolute atomic E-state index is 12.4. The van der Waals surface area contributed by atoms with Gasteiger partial charge in [-0.1, -0.05) is 19.9 Å². The number of guanidine groups is 1. The van der Waals surface area contributed by atoms with Gasteiger partial charge in [0.2, 0.25) is 5.91 Å². The molecule has 0 unspecified atom stereocenters. The Morgan fingerprint density at radius 2 is 1.68 bits per heavy atom. The van der Waals surface area contributed by atoms with E-state index in [0.29, 0.717) is 11.0 Å². The van der Waals surface area contributed by atoms with Crippen LogP contribution < -0.4 is 11.5 Å². The van der Waals surface area contributed by atoms with Crippen molar-refractivity contribution >= 4 is 17.8 Å². The van der Waals surface area contributed by atoms with E-state index in [1.165, 1.54) is 6.92 Å². The Morgan fingerprint density at radius 1 is 1.14 bits per heavy atom. The lowest BCUT2D eigenvalue weighted by Crippen LogP contribution is -2.34. The van der Waals surface area contributed by atoms with Gasteiger partial charge in [-0.15, -0.1) is 0 Å². The highest BCUT2D eigenvalue weighted by Gasteiger charge is 2.39. The summed E-state index contributed by atoms with van der Waals surface area (Å²) in [7, 11) is 0. The van der Waals surface area contributed by atoms with Crippen LogP contribution in [0, 0.1) is 0 Å². The van der Waals surface area contributed by atoms with Gasteiger partial charge in [0.15, 0.2) is 5.96 Å². The van der Waals surface area contributed by atoms with Crippen LogP contribution in [0.5, 0.6) is 0 Å². The van der Waals surface area contributed by atoms with E-state index in [1.54, 1.807) is 0 Å². The molecule has 0 aromatic heterocycles. The predicted molar refractivity (Wildman–Crippen MR) is 90.1 cm³/mol. The highest BCUT2D eigenvalue weighted by Crippen LogP contribution is 2.34. The van der Waals surface area contributed by atoms with Crippen LogP contribution in [0.2, 0.25) is 0 Å². The molecule has 1 aromatic rings. The van der Waals surface area contributed by atoms with Gasteiger partial charge >= 0.3 is 12.4 Å². The molecule has 0 radical (unpaired) electrons. The fourth-order valence-corrected chi connectivity index (χ4v) is 2.06. The van der Waals surface area contributed by atoms with E-state index >= 15 is 0 Å². The van der Waals surface area contributed by atoms with Gasteiger partial charge in [-0.2, -0.15) is 31.3 Å². The van der Waals surface area contributed by atoms with Crippen LogP contribution in [0.15, 0.2) is 23.2 Å². The van der Waals surface area contributed by atoms with Crippen molar-refractivity contribution in [2.24, 2.45) is 16.5 Å². The summed E-state index contributed by atoms with van der Waals surface area (Å²) in [6.45, 7) is 3.48. The SMILES string of the molecule is CC.CC(=O)N=C(N)N.O=C1c2cc(C(F)(F)F)ccc2CN1CC(F)(F)F. The first-order chi connectivity index (χ1) is 12.7. The molecule has 1 aliphatic rings. The lowest BCUT2D eigenvalue weighted by molar-refractivity contribution is -0.141. The quantitative estimate of drug-likeness (QED) is 0.419. The van der Waals surface area contributed by atoms with Crippen LogP contribution >= 0.6 is 0 Å². The first-order valence-corrected chi connectivity index (χ1v) is 7.87. The summed E-state index contributed by atoms with van der Waals surface area (Å²) >= 11 is 0. The second-order valence-corrected chi connectivity index (χ2v) is 5.20. The van der Waals surface area contributed by atoms with Crippen LogP contribution in [0.3, 0.4) is 0 Å². The fourth-order valence-electron chi connectivity index (χ4n) is 2.06. The van der Waals surface area contributed by atoms with E-state index in [4.69, 9.17) is 11.5 Å². The average Bonchev–Trinajstić information content (AvgIpc) is 2.81. The maximum Gasteiger partial charge on any atom is 0.416 e. The number of alkyl halides is 6. The molecule has 0 fully saturated rings. The van der Waals surface area contributed by atoms with Gasteiger partial charge in [0.1, 0.15) is 6.54 Å². The van der Waals surface area contributed by atoms with Crippen molar-refractivity contribution in [1.29, 1.82) is 0 Å². The minimum absolute atomic E-state index is 0.169. The Bertz CT molecular complexity index is 725. The monoisotopic (exact) mass is 414 g/mol. The van der Waals surface area contributed by atoms with Gasteiger partial charge in [-0.3, -0.25) is 9.59 Å². The molecule has 2 amide bonds. The number of halogens is 6. The Morgan fingerprint density at radius 3 is 2.04 bits per heavy atom. The van der Waals surface area contributed by atoms with Gasteiger partial charge < -0.3 is 16.4 Å². The number of rotatable bonds is 1. The minimum atomic E-state index is -4.63. The lowest BCUT2D eigenvalue weighted by atomic mass is 10.1. The van der Waals surface area contributed by atoms with Gasteiger partial charge in [0, 0.05) is 19.0 Å². The third kappa shape index (κ3) is 8.27. The molecule has 0 aliphatic carbocycles. The number of carbonyl (C=O) groups is 2. The molecule has 12 heteroatoms. The molecule has 1 aliphatic heterocycles. The highest BCUT2D eigenvalue weighted by molar-refractivity contribution is 5.98. The van der Waals surface area contributed by atoms with Crippen LogP contribution in [-0.4, -0.2) is 35.4 Å². The number of hydrogen-bond acceptors (Lipinski definition) is 2. The molecule has 0 spiro atoms. The van der Waals surface area contributed by atoms with E-state index in [0.717, 1.165) is 12.1 Å². The molecule has 28 heavy (non-hydrogen) atoms. The van der Waals surface area contributed by atoms with Crippen LogP contribution in [0.4, 0.5) is 26.3 Å². The second kappa shape index (κ2) is 9.95. The molecule has 0 bridgehead atoms. The summed E-state index contributed by atoms with van der Waals surface area (Å²) in [6.07, 6.45) is -9.21. The molecule has 4 N–H and O–H groups in total. The Balaban J connectivity index is 0.000000688. The largest absolute Gasteiger partial charge is 0.416 e. The summed E-state index contributed by atoms with van der Waals surface area (Å²) in [5.41, 5.74) is 8.40. The van der Waals surface area contributed by atoms with E-state index in [-0.39, 0.29) is 29.5 Å².